The zero-order valence-electron chi connectivity index (χ0n) is 12.3. The number of anilines is 1. The van der Waals surface area contributed by atoms with Crippen LogP contribution in [0, 0.1) is 0 Å². The highest BCUT2D eigenvalue weighted by molar-refractivity contribution is 7.15. The summed E-state index contributed by atoms with van der Waals surface area (Å²) >= 11 is 1.41. The highest BCUT2D eigenvalue weighted by Crippen LogP contribution is 2.28. The lowest BCUT2D eigenvalue weighted by Crippen LogP contribution is -2.13. The minimum Gasteiger partial charge on any atom is -0.480 e. The van der Waals surface area contributed by atoms with Gasteiger partial charge in [0.25, 0.3) is 5.91 Å². The van der Waals surface area contributed by atoms with Crippen molar-refractivity contribution in [2.45, 2.75) is 32.6 Å². The molecule has 7 heteroatoms. The molecule has 0 saturated heterocycles. The van der Waals surface area contributed by atoms with Gasteiger partial charge >= 0.3 is 0 Å². The summed E-state index contributed by atoms with van der Waals surface area (Å²) in [6.45, 7) is 4.24. The summed E-state index contributed by atoms with van der Waals surface area (Å²) in [7, 11) is 1.48. The van der Waals surface area contributed by atoms with E-state index in [-0.39, 0.29) is 5.91 Å². The molecule has 2 aromatic heterocycles. The van der Waals surface area contributed by atoms with Crippen LogP contribution >= 0.6 is 11.3 Å². The lowest BCUT2D eigenvalue weighted by molar-refractivity contribution is 0.102. The molecule has 2 rings (SSSR count). The van der Waals surface area contributed by atoms with E-state index in [4.69, 9.17) is 4.74 Å². The average Bonchev–Trinajstić information content (AvgIpc) is 2.96. The summed E-state index contributed by atoms with van der Waals surface area (Å²) in [5.74, 6) is 0.382. The van der Waals surface area contributed by atoms with Gasteiger partial charge in [-0.15, -0.1) is 10.2 Å². The third-order valence-electron chi connectivity index (χ3n) is 3.21. The van der Waals surface area contributed by atoms with Gasteiger partial charge in [0.1, 0.15) is 10.6 Å². The summed E-state index contributed by atoms with van der Waals surface area (Å²) in [5.41, 5.74) is 0.374. The Balaban J connectivity index is 2.13. The number of nitrogens with zero attached hydrogens (tertiary/aromatic N) is 3. The molecule has 21 heavy (non-hydrogen) atoms. The van der Waals surface area contributed by atoms with E-state index < -0.39 is 0 Å². The number of pyridine rings is 1. The number of nitrogens with one attached hydrogen (secondary N) is 1. The molecule has 2 heterocycles. The summed E-state index contributed by atoms with van der Waals surface area (Å²) in [4.78, 5) is 16.2. The zero-order valence-corrected chi connectivity index (χ0v) is 13.1. The Kier molecular flexibility index (Phi) is 5.21. The van der Waals surface area contributed by atoms with Gasteiger partial charge in [-0.2, -0.15) is 0 Å². The quantitative estimate of drug-likeness (QED) is 0.887. The van der Waals surface area contributed by atoms with Crippen molar-refractivity contribution in [1.82, 2.24) is 15.2 Å². The molecule has 0 aliphatic heterocycles. The molecule has 1 N–H and O–H groups in total. The molecule has 112 valence electrons. The number of rotatable bonds is 6. The van der Waals surface area contributed by atoms with Crippen LogP contribution in [0.5, 0.6) is 5.88 Å². The molecular formula is C14H18N4O2S. The van der Waals surface area contributed by atoms with Crippen LogP contribution in [0.3, 0.4) is 0 Å². The number of carbonyl (C=O) groups is 1. The van der Waals surface area contributed by atoms with Crippen molar-refractivity contribution in [1.29, 1.82) is 0 Å². The van der Waals surface area contributed by atoms with Crippen LogP contribution in [0.1, 0.15) is 48.0 Å². The highest BCUT2D eigenvalue weighted by Gasteiger charge is 2.17. The van der Waals surface area contributed by atoms with Crippen LogP contribution in [0.15, 0.2) is 18.3 Å². The Morgan fingerprint density at radius 1 is 1.38 bits per heavy atom. The molecule has 6 nitrogen and oxygen atoms in total. The maximum absolute atomic E-state index is 12.2. The second-order valence-electron chi connectivity index (χ2n) is 4.47. The first kappa shape index (κ1) is 15.4. The normalized spacial score (nSPS) is 10.7. The molecule has 0 saturated carbocycles. The monoisotopic (exact) mass is 306 g/mol. The zero-order chi connectivity index (χ0) is 15.2. The molecule has 1 amide bonds. The Bertz CT molecular complexity index is 611. The summed E-state index contributed by atoms with van der Waals surface area (Å²) < 4.78 is 5.08. The lowest BCUT2D eigenvalue weighted by Gasteiger charge is -2.06. The molecule has 0 unspecified atom stereocenters. The summed E-state index contributed by atoms with van der Waals surface area (Å²) in [5, 5.41) is 12.4. The Hall–Kier alpha value is -2.02. The molecule has 0 aliphatic rings. The van der Waals surface area contributed by atoms with Gasteiger partial charge in [0.15, 0.2) is 0 Å². The lowest BCUT2D eigenvalue weighted by atomic mass is 10.1. The number of amides is 1. The van der Waals surface area contributed by atoms with Crippen molar-refractivity contribution in [3.63, 3.8) is 0 Å². The standard InChI is InChI=1S/C14H18N4O2S/c1-4-9(5-2)13-17-18-14(21-13)16-11(19)10-7-6-8-15-12(10)20-3/h6-9H,4-5H2,1-3H3,(H,16,18,19). The van der Waals surface area contributed by atoms with Crippen LogP contribution in [-0.2, 0) is 0 Å². The summed E-state index contributed by atoms with van der Waals surface area (Å²) in [6, 6.07) is 3.34. The van der Waals surface area contributed by atoms with E-state index in [9.17, 15) is 4.79 Å². The van der Waals surface area contributed by atoms with Crippen LogP contribution in [0.4, 0.5) is 5.13 Å². The van der Waals surface area contributed by atoms with Gasteiger partial charge in [-0.25, -0.2) is 4.98 Å². The van der Waals surface area contributed by atoms with E-state index >= 15 is 0 Å². The van der Waals surface area contributed by atoms with Crippen molar-refractivity contribution in [3.8, 4) is 5.88 Å². The van der Waals surface area contributed by atoms with Crippen LogP contribution in [0.2, 0.25) is 0 Å². The minimum absolute atomic E-state index is 0.291. The molecular weight excluding hydrogens is 288 g/mol. The first-order valence-corrected chi connectivity index (χ1v) is 7.64. The smallest absolute Gasteiger partial charge is 0.262 e. The number of ether oxygens (including phenoxy) is 1. The van der Waals surface area contributed by atoms with E-state index in [0.29, 0.717) is 22.5 Å². The topological polar surface area (TPSA) is 77.0 Å². The van der Waals surface area contributed by atoms with E-state index in [1.165, 1.54) is 18.4 Å². The SMILES string of the molecule is CCC(CC)c1nnc(NC(=O)c2cccnc2OC)s1. The fourth-order valence-electron chi connectivity index (χ4n) is 1.98. The van der Waals surface area contributed by atoms with Crippen LogP contribution < -0.4 is 10.1 Å². The Morgan fingerprint density at radius 2 is 2.14 bits per heavy atom. The molecule has 0 spiro atoms. The predicted octanol–water partition coefficient (Wildman–Crippen LogP) is 3.10. The predicted molar refractivity (Wildman–Crippen MR) is 82.0 cm³/mol. The Morgan fingerprint density at radius 3 is 2.81 bits per heavy atom. The molecule has 0 radical (unpaired) electrons. The van der Waals surface area contributed by atoms with Crippen molar-refractivity contribution in [2.75, 3.05) is 12.4 Å². The number of carbonyl (C=O) groups excluding carboxylic acids is 1. The fourth-order valence-corrected chi connectivity index (χ4v) is 2.98. The number of methoxy groups -OCH3 is 1. The third kappa shape index (κ3) is 3.55. The van der Waals surface area contributed by atoms with Gasteiger partial charge < -0.3 is 4.74 Å². The Labute approximate surface area is 127 Å². The van der Waals surface area contributed by atoms with E-state index in [1.54, 1.807) is 18.3 Å². The van der Waals surface area contributed by atoms with Gasteiger partial charge in [0.05, 0.1) is 7.11 Å². The van der Waals surface area contributed by atoms with Gasteiger partial charge in [-0.1, -0.05) is 25.2 Å². The maximum Gasteiger partial charge on any atom is 0.262 e. The van der Waals surface area contributed by atoms with E-state index in [0.717, 1.165) is 17.8 Å². The maximum atomic E-state index is 12.2. The van der Waals surface area contributed by atoms with E-state index in [1.807, 2.05) is 0 Å². The molecule has 0 aromatic carbocycles. The molecule has 0 fully saturated rings. The second-order valence-corrected chi connectivity index (χ2v) is 5.48. The number of hydrogen-bond acceptors (Lipinski definition) is 6. The number of hydrogen-bond donors (Lipinski definition) is 1. The molecule has 0 bridgehead atoms. The minimum atomic E-state index is -0.299. The van der Waals surface area contributed by atoms with Crippen molar-refractivity contribution < 1.29 is 9.53 Å². The van der Waals surface area contributed by atoms with Crippen LogP contribution in [0.25, 0.3) is 0 Å². The first-order valence-electron chi connectivity index (χ1n) is 6.83. The highest BCUT2D eigenvalue weighted by atomic mass is 32.1. The summed E-state index contributed by atoms with van der Waals surface area (Å²) in [6.07, 6.45) is 3.59. The second kappa shape index (κ2) is 7.12. The van der Waals surface area contributed by atoms with Gasteiger partial charge in [-0.05, 0) is 25.0 Å². The van der Waals surface area contributed by atoms with Crippen molar-refractivity contribution in [3.05, 3.63) is 28.9 Å². The van der Waals surface area contributed by atoms with Gasteiger partial charge in [-0.3, -0.25) is 10.1 Å². The van der Waals surface area contributed by atoms with Crippen molar-refractivity contribution in [2.24, 2.45) is 0 Å². The first-order chi connectivity index (χ1) is 10.2. The van der Waals surface area contributed by atoms with Crippen molar-refractivity contribution >= 4 is 22.4 Å². The third-order valence-corrected chi connectivity index (χ3v) is 4.21. The number of aromatic nitrogens is 3. The van der Waals surface area contributed by atoms with Gasteiger partial charge in [0.2, 0.25) is 11.0 Å². The largest absolute Gasteiger partial charge is 0.480 e. The van der Waals surface area contributed by atoms with E-state index in [2.05, 4.69) is 34.3 Å². The average molecular weight is 306 g/mol. The molecule has 0 aliphatic carbocycles. The molecule has 2 aromatic rings. The van der Waals surface area contributed by atoms with Crippen LogP contribution in [-0.4, -0.2) is 28.2 Å². The fraction of sp³-hybridized carbons (Fsp3) is 0.429. The van der Waals surface area contributed by atoms with Gasteiger partial charge in [0, 0.05) is 12.1 Å². The molecule has 0 atom stereocenters.